The average molecular weight is 526 g/mol. The fourth-order valence-electron chi connectivity index (χ4n) is 5.58. The maximum Gasteiger partial charge on any atom is 0.245 e. The molecule has 1 aliphatic carbocycles. The lowest BCUT2D eigenvalue weighted by Crippen LogP contribution is -2.55. The molecule has 2 amide bonds. The Labute approximate surface area is 223 Å². The summed E-state index contributed by atoms with van der Waals surface area (Å²) >= 11 is 0. The number of carbonyl (C=O) groups is 2. The van der Waals surface area contributed by atoms with Crippen LogP contribution in [-0.2, 0) is 22.6 Å². The van der Waals surface area contributed by atoms with E-state index in [1.807, 2.05) is 24.8 Å². The van der Waals surface area contributed by atoms with Gasteiger partial charge in [-0.05, 0) is 85.9 Å². The molecule has 0 aromatic heterocycles. The minimum absolute atomic E-state index is 0.0123. The molecule has 2 aromatic carbocycles. The summed E-state index contributed by atoms with van der Waals surface area (Å²) in [6.45, 7) is 6.74. The lowest BCUT2D eigenvalue weighted by molar-refractivity contribution is -0.149. The lowest BCUT2D eigenvalue weighted by atomic mass is 9.97. The molecule has 2 aliphatic heterocycles. The van der Waals surface area contributed by atoms with Crippen LogP contribution in [0.5, 0.6) is 11.5 Å². The number of carbonyl (C=O) groups excluding carboxylic acids is 2. The van der Waals surface area contributed by atoms with Gasteiger partial charge in [0, 0.05) is 38.2 Å². The summed E-state index contributed by atoms with van der Waals surface area (Å²) in [4.78, 5) is 30.7. The first-order valence-corrected chi connectivity index (χ1v) is 13.8. The first kappa shape index (κ1) is 26.6. The quantitative estimate of drug-likeness (QED) is 0.524. The van der Waals surface area contributed by atoms with Crippen molar-refractivity contribution < 1.29 is 23.1 Å². The third kappa shape index (κ3) is 6.17. The van der Waals surface area contributed by atoms with Crippen molar-refractivity contribution in [2.75, 3.05) is 19.6 Å². The molecule has 38 heavy (non-hydrogen) atoms. The van der Waals surface area contributed by atoms with E-state index in [1.54, 1.807) is 17.0 Å². The highest BCUT2D eigenvalue weighted by atomic mass is 19.1. The fourth-order valence-corrected chi connectivity index (χ4v) is 5.58. The Bertz CT molecular complexity index is 1180. The Balaban J connectivity index is 1.30. The number of nitrogens with zero attached hydrogens (tertiary/aromatic N) is 2. The Morgan fingerprint density at radius 2 is 1.79 bits per heavy atom. The number of aryl methyl sites for hydroxylation is 1. The molecule has 1 unspecified atom stereocenters. The maximum absolute atomic E-state index is 14.2. The summed E-state index contributed by atoms with van der Waals surface area (Å²) in [7, 11) is 0. The van der Waals surface area contributed by atoms with E-state index in [1.165, 1.54) is 18.9 Å². The molecule has 2 fully saturated rings. The zero-order valence-electron chi connectivity index (χ0n) is 22.2. The van der Waals surface area contributed by atoms with Crippen molar-refractivity contribution in [1.82, 2.24) is 15.1 Å². The molecule has 0 bridgehead atoms. The van der Waals surface area contributed by atoms with E-state index in [9.17, 15) is 18.4 Å². The average Bonchev–Trinajstić information content (AvgIpc) is 3.73. The summed E-state index contributed by atoms with van der Waals surface area (Å²) in [6, 6.07) is 8.49. The minimum atomic E-state index is -0.784. The standard InChI is InChI=1S/C30H37F2N3O3/c1-19(2)29(30(37)34-13-11-24(12-14-34)33-17-20-3-4-20)35-18-22-15-25(8-5-21(22)6-10-28(35)36)38-27-9-7-23(31)16-26(27)32/h5,7-9,15-16,19-20,24,29,33H,3-4,6,10-14,17-18H2,1-2H3. The number of benzene rings is 2. The molecule has 2 heterocycles. The van der Waals surface area contributed by atoms with Crippen molar-refractivity contribution in [2.45, 2.75) is 71.0 Å². The third-order valence-electron chi connectivity index (χ3n) is 7.99. The van der Waals surface area contributed by atoms with E-state index < -0.39 is 17.7 Å². The van der Waals surface area contributed by atoms with Crippen LogP contribution in [0.3, 0.4) is 0 Å². The van der Waals surface area contributed by atoms with Crippen LogP contribution in [0.4, 0.5) is 8.78 Å². The van der Waals surface area contributed by atoms with E-state index in [0.29, 0.717) is 37.7 Å². The van der Waals surface area contributed by atoms with Crippen molar-refractivity contribution in [3.8, 4) is 11.5 Å². The third-order valence-corrected chi connectivity index (χ3v) is 7.99. The molecule has 1 saturated carbocycles. The van der Waals surface area contributed by atoms with Gasteiger partial charge < -0.3 is 19.9 Å². The lowest BCUT2D eigenvalue weighted by Gasteiger charge is -2.39. The van der Waals surface area contributed by atoms with Crippen LogP contribution in [0.1, 0.15) is 57.1 Å². The molecular formula is C30H37F2N3O3. The molecule has 0 spiro atoms. The van der Waals surface area contributed by atoms with Crippen molar-refractivity contribution in [3.05, 3.63) is 59.2 Å². The molecule has 1 saturated heterocycles. The Hall–Kier alpha value is -3.00. The van der Waals surface area contributed by atoms with Gasteiger partial charge in [0.2, 0.25) is 11.8 Å². The van der Waals surface area contributed by atoms with Gasteiger partial charge in [-0.1, -0.05) is 19.9 Å². The number of halogens is 2. The molecule has 5 rings (SSSR count). The number of fused-ring (bicyclic) bond motifs is 1. The molecule has 6 nitrogen and oxygen atoms in total. The second-order valence-electron chi connectivity index (χ2n) is 11.3. The summed E-state index contributed by atoms with van der Waals surface area (Å²) in [5.74, 6) is -0.374. The number of hydrogen-bond donors (Lipinski definition) is 1. The molecule has 2 aromatic rings. The van der Waals surface area contributed by atoms with Gasteiger partial charge in [0.25, 0.3) is 0 Å². The van der Waals surface area contributed by atoms with Crippen LogP contribution in [0.25, 0.3) is 0 Å². The zero-order valence-corrected chi connectivity index (χ0v) is 22.2. The van der Waals surface area contributed by atoms with E-state index in [0.717, 1.165) is 48.6 Å². The molecule has 8 heteroatoms. The second kappa shape index (κ2) is 11.4. The fraction of sp³-hybridized carbons (Fsp3) is 0.533. The second-order valence-corrected chi connectivity index (χ2v) is 11.3. The molecule has 1 atom stereocenters. The predicted molar refractivity (Wildman–Crippen MR) is 141 cm³/mol. The van der Waals surface area contributed by atoms with Crippen LogP contribution in [-0.4, -0.2) is 53.3 Å². The van der Waals surface area contributed by atoms with Gasteiger partial charge in [-0.3, -0.25) is 9.59 Å². The Kier molecular flexibility index (Phi) is 7.98. The number of ether oxygens (including phenoxy) is 1. The molecule has 1 N–H and O–H groups in total. The number of likely N-dealkylation sites (tertiary alicyclic amines) is 1. The van der Waals surface area contributed by atoms with E-state index in [-0.39, 0.29) is 30.0 Å². The zero-order chi connectivity index (χ0) is 26.8. The maximum atomic E-state index is 14.2. The van der Waals surface area contributed by atoms with Crippen molar-refractivity contribution in [3.63, 3.8) is 0 Å². The van der Waals surface area contributed by atoms with Crippen LogP contribution in [0, 0.1) is 23.5 Å². The molecular weight excluding hydrogens is 488 g/mol. The number of rotatable bonds is 8. The Morgan fingerprint density at radius 1 is 1.03 bits per heavy atom. The first-order valence-electron chi connectivity index (χ1n) is 13.8. The normalized spacial score (nSPS) is 19.3. The largest absolute Gasteiger partial charge is 0.454 e. The van der Waals surface area contributed by atoms with E-state index >= 15 is 0 Å². The first-order chi connectivity index (χ1) is 18.3. The minimum Gasteiger partial charge on any atom is -0.454 e. The summed E-state index contributed by atoms with van der Waals surface area (Å²) in [6.07, 6.45) is 5.39. The smallest absolute Gasteiger partial charge is 0.245 e. The SMILES string of the molecule is CC(C)C(C(=O)N1CCC(NCC2CC2)CC1)N1Cc2cc(Oc3ccc(F)cc3F)ccc2CCC1=O. The molecule has 3 aliphatic rings. The number of piperidine rings is 1. The summed E-state index contributed by atoms with van der Waals surface area (Å²) in [5.41, 5.74) is 1.88. The van der Waals surface area contributed by atoms with Crippen LogP contribution < -0.4 is 10.1 Å². The van der Waals surface area contributed by atoms with Gasteiger partial charge in [0.05, 0.1) is 0 Å². The highest BCUT2D eigenvalue weighted by molar-refractivity contribution is 5.88. The van der Waals surface area contributed by atoms with Gasteiger partial charge in [0.15, 0.2) is 11.6 Å². The van der Waals surface area contributed by atoms with E-state index in [4.69, 9.17) is 4.74 Å². The topological polar surface area (TPSA) is 61.9 Å². The van der Waals surface area contributed by atoms with Gasteiger partial charge in [-0.15, -0.1) is 0 Å². The monoisotopic (exact) mass is 525 g/mol. The molecule has 204 valence electrons. The number of nitrogens with one attached hydrogen (secondary N) is 1. The highest BCUT2D eigenvalue weighted by Crippen LogP contribution is 2.31. The van der Waals surface area contributed by atoms with Gasteiger partial charge in [-0.25, -0.2) is 8.78 Å². The van der Waals surface area contributed by atoms with Gasteiger partial charge in [0.1, 0.15) is 17.6 Å². The summed E-state index contributed by atoms with van der Waals surface area (Å²) in [5, 5.41) is 3.66. The van der Waals surface area contributed by atoms with E-state index in [2.05, 4.69) is 5.32 Å². The van der Waals surface area contributed by atoms with Crippen LogP contribution in [0.15, 0.2) is 36.4 Å². The number of hydrogen-bond acceptors (Lipinski definition) is 4. The van der Waals surface area contributed by atoms with Crippen LogP contribution >= 0.6 is 0 Å². The van der Waals surface area contributed by atoms with Crippen molar-refractivity contribution in [1.29, 1.82) is 0 Å². The highest BCUT2D eigenvalue weighted by Gasteiger charge is 2.38. The van der Waals surface area contributed by atoms with Gasteiger partial charge in [-0.2, -0.15) is 0 Å². The van der Waals surface area contributed by atoms with Crippen molar-refractivity contribution in [2.24, 2.45) is 11.8 Å². The molecule has 0 radical (unpaired) electrons. The van der Waals surface area contributed by atoms with Crippen molar-refractivity contribution >= 4 is 11.8 Å². The predicted octanol–water partition coefficient (Wildman–Crippen LogP) is 5.05. The van der Waals surface area contributed by atoms with Crippen LogP contribution in [0.2, 0.25) is 0 Å². The number of amides is 2. The Morgan fingerprint density at radius 3 is 2.47 bits per heavy atom. The summed E-state index contributed by atoms with van der Waals surface area (Å²) < 4.78 is 33.2. The van der Waals surface area contributed by atoms with Gasteiger partial charge >= 0.3 is 0 Å².